The first-order chi connectivity index (χ1) is 6.54. The van der Waals surface area contributed by atoms with Crippen molar-refractivity contribution >= 4 is 6.08 Å². The number of nitroso groups, excluding NO2 is 1. The highest BCUT2D eigenvalue weighted by molar-refractivity contribution is 5.49. The lowest BCUT2D eigenvalue weighted by molar-refractivity contribution is 0.590. The molecule has 0 spiro atoms. The lowest BCUT2D eigenvalue weighted by atomic mass is 9.87. The number of rotatable bonds is 2. The molecule has 2 nitrogen and oxygen atoms in total. The Morgan fingerprint density at radius 1 is 1.14 bits per heavy atom. The van der Waals surface area contributed by atoms with Crippen molar-refractivity contribution in [1.29, 1.82) is 0 Å². The first-order valence-electron chi connectivity index (χ1n) is 4.63. The average molecular weight is 189 g/mol. The molecule has 14 heavy (non-hydrogen) atoms. The summed E-state index contributed by atoms with van der Waals surface area (Å²) in [5, 5.41) is 2.67. The zero-order valence-corrected chi connectivity index (χ0v) is 8.82. The summed E-state index contributed by atoms with van der Waals surface area (Å²) in [7, 11) is 0. The van der Waals surface area contributed by atoms with E-state index in [4.69, 9.17) is 0 Å². The molecule has 74 valence electrons. The van der Waals surface area contributed by atoms with Gasteiger partial charge in [-0.25, -0.2) is 0 Å². The molecule has 0 unspecified atom stereocenters. The second kappa shape index (κ2) is 4.18. The minimum Gasteiger partial charge on any atom is -0.145 e. The summed E-state index contributed by atoms with van der Waals surface area (Å²) in [6.45, 7) is 6.51. The van der Waals surface area contributed by atoms with E-state index in [1.165, 1.54) is 11.8 Å². The Morgan fingerprint density at radius 3 is 2.14 bits per heavy atom. The Kier molecular flexibility index (Phi) is 3.18. The summed E-state index contributed by atoms with van der Waals surface area (Å²) < 4.78 is 0. The van der Waals surface area contributed by atoms with Crippen molar-refractivity contribution in [2.75, 3.05) is 0 Å². The normalized spacial score (nSPS) is 11.9. The third kappa shape index (κ3) is 2.80. The predicted octanol–water partition coefficient (Wildman–Crippen LogP) is 3.72. The SMILES string of the molecule is CC(C)(C)c1ccc(C=CN=O)cc1. The van der Waals surface area contributed by atoms with Gasteiger partial charge in [0.05, 0.1) is 6.20 Å². The molecule has 0 radical (unpaired) electrons. The third-order valence-corrected chi connectivity index (χ3v) is 2.10. The zero-order valence-electron chi connectivity index (χ0n) is 8.82. The van der Waals surface area contributed by atoms with Crippen LogP contribution in [0.15, 0.2) is 35.6 Å². The highest BCUT2D eigenvalue weighted by atomic mass is 16.2. The van der Waals surface area contributed by atoms with Gasteiger partial charge in [-0.1, -0.05) is 45.0 Å². The van der Waals surface area contributed by atoms with Crippen LogP contribution < -0.4 is 0 Å². The van der Waals surface area contributed by atoms with Gasteiger partial charge in [0.15, 0.2) is 0 Å². The van der Waals surface area contributed by atoms with Crippen molar-refractivity contribution in [2.24, 2.45) is 5.18 Å². The van der Waals surface area contributed by atoms with Crippen LogP contribution in [0.1, 0.15) is 31.9 Å². The van der Waals surface area contributed by atoms with E-state index in [1.54, 1.807) is 6.08 Å². The van der Waals surface area contributed by atoms with Crippen LogP contribution in [0.5, 0.6) is 0 Å². The van der Waals surface area contributed by atoms with E-state index in [1.807, 2.05) is 12.1 Å². The van der Waals surface area contributed by atoms with Gasteiger partial charge in [0, 0.05) is 0 Å². The van der Waals surface area contributed by atoms with E-state index in [-0.39, 0.29) is 5.41 Å². The third-order valence-electron chi connectivity index (χ3n) is 2.10. The molecule has 0 aliphatic heterocycles. The molecule has 0 atom stereocenters. The van der Waals surface area contributed by atoms with Gasteiger partial charge >= 0.3 is 0 Å². The summed E-state index contributed by atoms with van der Waals surface area (Å²) in [6, 6.07) is 8.12. The van der Waals surface area contributed by atoms with E-state index < -0.39 is 0 Å². The maximum absolute atomic E-state index is 9.87. The lowest BCUT2D eigenvalue weighted by Gasteiger charge is -2.18. The van der Waals surface area contributed by atoms with Crippen LogP contribution >= 0.6 is 0 Å². The van der Waals surface area contributed by atoms with Crippen LogP contribution in [0, 0.1) is 4.91 Å². The van der Waals surface area contributed by atoms with Crippen LogP contribution in [0.25, 0.3) is 6.08 Å². The molecule has 0 aliphatic rings. The summed E-state index contributed by atoms with van der Waals surface area (Å²) in [5.41, 5.74) is 2.46. The molecule has 0 aliphatic carbocycles. The highest BCUT2D eigenvalue weighted by Crippen LogP contribution is 2.22. The van der Waals surface area contributed by atoms with Gasteiger partial charge in [0.2, 0.25) is 0 Å². The predicted molar refractivity (Wildman–Crippen MR) is 60.0 cm³/mol. The molecule has 1 rings (SSSR count). The zero-order chi connectivity index (χ0) is 10.6. The molecule has 0 bridgehead atoms. The van der Waals surface area contributed by atoms with E-state index in [0.717, 1.165) is 5.56 Å². The molecular formula is C12H15NO. The van der Waals surface area contributed by atoms with Gasteiger partial charge in [0.1, 0.15) is 0 Å². The molecule has 2 heteroatoms. The molecule has 0 N–H and O–H groups in total. The smallest absolute Gasteiger partial charge is 0.0720 e. The Bertz CT molecular complexity index is 330. The minimum atomic E-state index is 0.172. The summed E-state index contributed by atoms with van der Waals surface area (Å²) in [6.07, 6.45) is 2.95. The maximum Gasteiger partial charge on any atom is 0.0720 e. The standard InChI is InChI=1S/C12H15NO/c1-12(2,3)11-6-4-10(5-7-11)8-9-13-14/h4-9H,1-3H3. The fourth-order valence-electron chi connectivity index (χ4n) is 1.21. The van der Waals surface area contributed by atoms with Crippen molar-refractivity contribution in [3.8, 4) is 0 Å². The molecular weight excluding hydrogens is 174 g/mol. The van der Waals surface area contributed by atoms with Crippen LogP contribution in [0.3, 0.4) is 0 Å². The van der Waals surface area contributed by atoms with E-state index in [0.29, 0.717) is 0 Å². The quantitative estimate of drug-likeness (QED) is 0.652. The Labute approximate surface area is 84.6 Å². The van der Waals surface area contributed by atoms with E-state index in [2.05, 4.69) is 38.1 Å². The second-order valence-electron chi connectivity index (χ2n) is 4.29. The minimum absolute atomic E-state index is 0.172. The summed E-state index contributed by atoms with van der Waals surface area (Å²) in [4.78, 5) is 9.87. The van der Waals surface area contributed by atoms with Crippen molar-refractivity contribution in [1.82, 2.24) is 0 Å². The van der Waals surface area contributed by atoms with Crippen LogP contribution in [0.4, 0.5) is 0 Å². The second-order valence-corrected chi connectivity index (χ2v) is 4.29. The van der Waals surface area contributed by atoms with Crippen LogP contribution in [-0.2, 0) is 5.41 Å². The van der Waals surface area contributed by atoms with Gasteiger partial charge < -0.3 is 0 Å². The van der Waals surface area contributed by atoms with Gasteiger partial charge in [-0.05, 0) is 27.8 Å². The van der Waals surface area contributed by atoms with Crippen LogP contribution in [-0.4, -0.2) is 0 Å². The molecule has 0 heterocycles. The van der Waals surface area contributed by atoms with Gasteiger partial charge in [-0.2, -0.15) is 0 Å². The maximum atomic E-state index is 9.87. The molecule has 1 aromatic carbocycles. The molecule has 1 aromatic rings. The largest absolute Gasteiger partial charge is 0.145 e. The molecule has 0 aromatic heterocycles. The van der Waals surface area contributed by atoms with Crippen molar-refractivity contribution < 1.29 is 0 Å². The average Bonchev–Trinajstić information content (AvgIpc) is 2.14. The van der Waals surface area contributed by atoms with E-state index >= 15 is 0 Å². The molecule has 0 saturated heterocycles. The summed E-state index contributed by atoms with van der Waals surface area (Å²) in [5.74, 6) is 0. The van der Waals surface area contributed by atoms with Crippen LogP contribution in [0.2, 0.25) is 0 Å². The Morgan fingerprint density at radius 2 is 1.71 bits per heavy atom. The molecule has 0 fully saturated rings. The molecule has 0 amide bonds. The van der Waals surface area contributed by atoms with Gasteiger partial charge in [0.25, 0.3) is 0 Å². The first kappa shape index (κ1) is 10.6. The fourth-order valence-corrected chi connectivity index (χ4v) is 1.21. The van der Waals surface area contributed by atoms with Crippen molar-refractivity contribution in [2.45, 2.75) is 26.2 Å². The number of hydrogen-bond donors (Lipinski definition) is 0. The number of nitrogens with zero attached hydrogens (tertiary/aromatic N) is 1. The topological polar surface area (TPSA) is 29.4 Å². The Hall–Kier alpha value is -1.44. The van der Waals surface area contributed by atoms with E-state index in [9.17, 15) is 4.91 Å². The van der Waals surface area contributed by atoms with Crippen molar-refractivity contribution in [3.05, 3.63) is 46.5 Å². The number of benzene rings is 1. The highest BCUT2D eigenvalue weighted by Gasteiger charge is 2.12. The first-order valence-corrected chi connectivity index (χ1v) is 4.63. The summed E-state index contributed by atoms with van der Waals surface area (Å²) >= 11 is 0. The lowest BCUT2D eigenvalue weighted by Crippen LogP contribution is -2.10. The Balaban J connectivity index is 2.89. The van der Waals surface area contributed by atoms with Gasteiger partial charge in [-0.3, -0.25) is 0 Å². The van der Waals surface area contributed by atoms with Gasteiger partial charge in [-0.15, -0.1) is 4.91 Å². The molecule has 0 saturated carbocycles. The van der Waals surface area contributed by atoms with Crippen molar-refractivity contribution in [3.63, 3.8) is 0 Å². The fraction of sp³-hybridized carbons (Fsp3) is 0.333. The number of hydrogen-bond acceptors (Lipinski definition) is 2. The monoisotopic (exact) mass is 189 g/mol.